The molecule has 0 aromatic rings. The molecule has 0 saturated carbocycles. The van der Waals surface area contributed by atoms with Gasteiger partial charge in [-0.2, -0.15) is 9.78 Å². The van der Waals surface area contributed by atoms with Gasteiger partial charge in [0.1, 0.15) is 0 Å². The maximum absolute atomic E-state index is 12.7. The predicted octanol–water partition coefficient (Wildman–Crippen LogP) is 4.96. The molecule has 6 heteroatoms. The van der Waals surface area contributed by atoms with Crippen LogP contribution < -0.4 is 0 Å². The molecule has 1 fully saturated rings. The number of carbonyl (C=O) groups excluding carboxylic acids is 2. The summed E-state index contributed by atoms with van der Waals surface area (Å²) in [6.07, 6.45) is 2.77. The molecule has 1 aliphatic rings. The van der Waals surface area contributed by atoms with E-state index in [1.165, 1.54) is 0 Å². The Kier molecular flexibility index (Phi) is 6.91. The van der Waals surface area contributed by atoms with Gasteiger partial charge in [0.25, 0.3) is 0 Å². The van der Waals surface area contributed by atoms with Gasteiger partial charge in [0, 0.05) is 6.42 Å². The van der Waals surface area contributed by atoms with Crippen LogP contribution in [0, 0.1) is 22.2 Å². The smallest absolute Gasteiger partial charge is 0.247 e. The second-order valence-electron chi connectivity index (χ2n) is 10.5. The summed E-state index contributed by atoms with van der Waals surface area (Å²) in [7, 11) is 0. The van der Waals surface area contributed by atoms with Crippen LogP contribution in [0.15, 0.2) is 0 Å². The third-order valence-corrected chi connectivity index (χ3v) is 4.50. The number of rotatable bonds is 7. The summed E-state index contributed by atoms with van der Waals surface area (Å²) >= 11 is 0. The summed E-state index contributed by atoms with van der Waals surface area (Å²) in [4.78, 5) is 44.4. The van der Waals surface area contributed by atoms with E-state index in [1.807, 2.05) is 34.6 Å². The molecule has 1 atom stereocenters. The zero-order valence-corrected chi connectivity index (χ0v) is 17.9. The van der Waals surface area contributed by atoms with Gasteiger partial charge in [0.2, 0.25) is 0 Å². The Hall–Kier alpha value is -1.14. The number of hydrogen-bond acceptors (Lipinski definition) is 6. The van der Waals surface area contributed by atoms with Crippen molar-refractivity contribution in [3.05, 3.63) is 0 Å². The van der Waals surface area contributed by atoms with E-state index in [9.17, 15) is 9.59 Å². The van der Waals surface area contributed by atoms with Gasteiger partial charge in [0.15, 0.2) is 0 Å². The van der Waals surface area contributed by atoms with E-state index in [1.54, 1.807) is 0 Å². The van der Waals surface area contributed by atoms with Crippen molar-refractivity contribution in [2.75, 3.05) is 0 Å². The molecule has 1 unspecified atom stereocenters. The van der Waals surface area contributed by atoms with Crippen molar-refractivity contribution < 1.29 is 29.1 Å². The van der Waals surface area contributed by atoms with Crippen LogP contribution in [0.5, 0.6) is 0 Å². The van der Waals surface area contributed by atoms with Crippen molar-refractivity contribution in [2.45, 2.75) is 93.8 Å². The van der Waals surface area contributed by atoms with Gasteiger partial charge in [-0.1, -0.05) is 68.7 Å². The van der Waals surface area contributed by atoms with Crippen LogP contribution in [-0.4, -0.2) is 17.7 Å². The molecule has 152 valence electrons. The lowest BCUT2D eigenvalue weighted by molar-refractivity contribution is -0.270. The van der Waals surface area contributed by atoms with Crippen molar-refractivity contribution >= 4 is 11.9 Å². The van der Waals surface area contributed by atoms with Gasteiger partial charge < -0.3 is 0 Å². The Bertz CT molecular complexity index is 505. The Morgan fingerprint density at radius 3 is 1.85 bits per heavy atom. The summed E-state index contributed by atoms with van der Waals surface area (Å²) in [5, 5.41) is 0. The maximum atomic E-state index is 12.7. The van der Waals surface area contributed by atoms with E-state index >= 15 is 0 Å². The topological polar surface area (TPSA) is 77.7 Å². The average Bonchev–Trinajstić information content (AvgIpc) is 3.19. The summed E-state index contributed by atoms with van der Waals surface area (Å²) in [6, 6.07) is 0. The lowest BCUT2D eigenvalue weighted by Crippen LogP contribution is -2.37. The first-order valence-corrected chi connectivity index (χ1v) is 9.41. The molecule has 0 radical (unpaired) electrons. The summed E-state index contributed by atoms with van der Waals surface area (Å²) in [5.41, 5.74) is -0.534. The molecule has 0 amide bonds. The minimum atomic E-state index is -1.46. The second kappa shape index (κ2) is 7.85. The molecule has 0 bridgehead atoms. The van der Waals surface area contributed by atoms with E-state index < -0.39 is 17.7 Å². The van der Waals surface area contributed by atoms with Gasteiger partial charge in [-0.25, -0.2) is 19.4 Å². The number of carbonyl (C=O) groups is 2. The fraction of sp³-hybridized carbons (Fsp3) is 0.900. The van der Waals surface area contributed by atoms with Crippen LogP contribution >= 0.6 is 0 Å². The van der Waals surface area contributed by atoms with Crippen LogP contribution in [0.1, 0.15) is 88.0 Å². The first-order chi connectivity index (χ1) is 11.6. The van der Waals surface area contributed by atoms with E-state index in [0.717, 1.165) is 12.8 Å². The third-order valence-electron chi connectivity index (χ3n) is 4.50. The van der Waals surface area contributed by atoms with Gasteiger partial charge in [0.05, 0.1) is 5.92 Å². The quantitative estimate of drug-likeness (QED) is 0.357. The van der Waals surface area contributed by atoms with Crippen LogP contribution in [0.4, 0.5) is 0 Å². The molecule has 1 heterocycles. The minimum absolute atomic E-state index is 0.0606. The molecule has 0 aromatic carbocycles. The Morgan fingerprint density at radius 1 is 0.923 bits per heavy atom. The standard InChI is InChI=1S/C20H36O6/c1-10-11-19(8,9)14(12-17(2,3)4)15(21)23-24-16(22)20(25-26-20)13-18(5,6)7/h14H,10-13H2,1-9H3. The Labute approximate surface area is 157 Å². The largest absolute Gasteiger partial charge is 0.420 e. The van der Waals surface area contributed by atoms with E-state index in [-0.39, 0.29) is 22.2 Å². The third kappa shape index (κ3) is 6.88. The molecule has 0 spiro atoms. The molecule has 6 nitrogen and oxygen atoms in total. The summed E-state index contributed by atoms with van der Waals surface area (Å²) in [5.74, 6) is -3.20. The highest BCUT2D eigenvalue weighted by atomic mass is 17.4. The van der Waals surface area contributed by atoms with Crippen molar-refractivity contribution in [1.29, 1.82) is 0 Å². The highest BCUT2D eigenvalue weighted by Crippen LogP contribution is 2.43. The van der Waals surface area contributed by atoms with Crippen molar-refractivity contribution in [2.24, 2.45) is 22.2 Å². The first kappa shape index (κ1) is 22.9. The number of hydrogen-bond donors (Lipinski definition) is 0. The molecular weight excluding hydrogens is 336 g/mol. The summed E-state index contributed by atoms with van der Waals surface area (Å²) in [6.45, 7) is 18.2. The van der Waals surface area contributed by atoms with Crippen molar-refractivity contribution in [3.8, 4) is 0 Å². The lowest BCUT2D eigenvalue weighted by Gasteiger charge is -2.35. The molecule has 1 saturated heterocycles. The van der Waals surface area contributed by atoms with Gasteiger partial charge >= 0.3 is 17.7 Å². The predicted molar refractivity (Wildman–Crippen MR) is 97.4 cm³/mol. The van der Waals surface area contributed by atoms with Crippen LogP contribution in [-0.2, 0) is 29.1 Å². The lowest BCUT2D eigenvalue weighted by atomic mass is 9.69. The Morgan fingerprint density at radius 2 is 1.46 bits per heavy atom. The van der Waals surface area contributed by atoms with Crippen molar-refractivity contribution in [3.63, 3.8) is 0 Å². The maximum Gasteiger partial charge on any atom is 0.420 e. The fourth-order valence-electron chi connectivity index (χ4n) is 3.26. The van der Waals surface area contributed by atoms with Crippen LogP contribution in [0.25, 0.3) is 0 Å². The SMILES string of the molecule is CCCC(C)(C)C(CC(C)(C)C)C(=O)OOC(=O)C1(CC(C)(C)C)OO1. The Balaban J connectivity index is 2.76. The van der Waals surface area contributed by atoms with E-state index in [0.29, 0.717) is 12.8 Å². The average molecular weight is 373 g/mol. The minimum Gasteiger partial charge on any atom is -0.247 e. The molecule has 1 aliphatic heterocycles. The molecule has 26 heavy (non-hydrogen) atoms. The molecular formula is C20H36O6. The molecule has 0 N–H and O–H groups in total. The normalized spacial score (nSPS) is 18.2. The fourth-order valence-corrected chi connectivity index (χ4v) is 3.26. The van der Waals surface area contributed by atoms with Gasteiger partial charge in [-0.15, -0.1) is 0 Å². The molecule has 0 aromatic heterocycles. The highest BCUT2D eigenvalue weighted by molar-refractivity contribution is 5.80. The van der Waals surface area contributed by atoms with Crippen molar-refractivity contribution in [1.82, 2.24) is 0 Å². The van der Waals surface area contributed by atoms with Crippen LogP contribution in [0.3, 0.4) is 0 Å². The van der Waals surface area contributed by atoms with Gasteiger partial charge in [-0.3, -0.25) is 0 Å². The molecule has 0 aliphatic carbocycles. The highest BCUT2D eigenvalue weighted by Gasteiger charge is 2.61. The second-order valence-corrected chi connectivity index (χ2v) is 10.5. The molecule has 1 rings (SSSR count). The van der Waals surface area contributed by atoms with E-state index in [2.05, 4.69) is 27.7 Å². The zero-order valence-electron chi connectivity index (χ0n) is 17.9. The zero-order chi connectivity index (χ0) is 20.4. The van der Waals surface area contributed by atoms with Crippen LogP contribution in [0.2, 0.25) is 0 Å². The van der Waals surface area contributed by atoms with Gasteiger partial charge in [-0.05, 0) is 29.1 Å². The summed E-state index contributed by atoms with van der Waals surface area (Å²) < 4.78 is 0. The first-order valence-electron chi connectivity index (χ1n) is 9.41. The monoisotopic (exact) mass is 372 g/mol. The van der Waals surface area contributed by atoms with E-state index in [4.69, 9.17) is 19.6 Å².